The molecule has 0 atom stereocenters. The lowest BCUT2D eigenvalue weighted by Gasteiger charge is -2.20. The molecule has 0 bridgehead atoms. The third-order valence-electron chi connectivity index (χ3n) is 4.26. The van der Waals surface area contributed by atoms with Gasteiger partial charge in [-0.05, 0) is 43.5 Å². The summed E-state index contributed by atoms with van der Waals surface area (Å²) in [6.45, 7) is 2.03. The number of nitrogens with zero attached hydrogens (tertiary/aromatic N) is 1. The smallest absolute Gasteiger partial charge is 0.287 e. The number of hydrogen-bond donors (Lipinski definition) is 1. The molecule has 128 valence electrons. The van der Waals surface area contributed by atoms with Gasteiger partial charge in [-0.1, -0.05) is 18.0 Å². The van der Waals surface area contributed by atoms with E-state index in [1.54, 1.807) is 24.3 Å². The second-order valence-electron chi connectivity index (χ2n) is 6.09. The maximum Gasteiger partial charge on any atom is 0.287 e. The normalized spacial score (nSPS) is 15.5. The summed E-state index contributed by atoms with van der Waals surface area (Å²) in [5.41, 5.74) is 0.639. The van der Waals surface area contributed by atoms with Gasteiger partial charge in [-0.15, -0.1) is 0 Å². The number of benzene rings is 1. The van der Waals surface area contributed by atoms with Crippen molar-refractivity contribution in [3.8, 4) is 0 Å². The highest BCUT2D eigenvalue weighted by Crippen LogP contribution is 2.23. The Hall–Kier alpha value is -2.01. The van der Waals surface area contributed by atoms with E-state index in [0.29, 0.717) is 30.1 Å². The van der Waals surface area contributed by atoms with Gasteiger partial charge in [-0.2, -0.15) is 0 Å². The van der Waals surface area contributed by atoms with E-state index in [1.165, 1.54) is 0 Å². The second kappa shape index (κ2) is 7.71. The van der Waals surface area contributed by atoms with Crippen LogP contribution in [0.1, 0.15) is 42.7 Å². The van der Waals surface area contributed by atoms with Crippen molar-refractivity contribution in [3.63, 3.8) is 0 Å². The number of furan rings is 1. The van der Waals surface area contributed by atoms with Crippen molar-refractivity contribution in [1.82, 2.24) is 10.2 Å². The third kappa shape index (κ3) is 4.09. The van der Waals surface area contributed by atoms with Gasteiger partial charge in [-0.25, -0.2) is 0 Å². The number of halogens is 1. The SMILES string of the molecule is O=C(NCCCN1CCCCCC1=O)c1cc2cc(Cl)ccc2o1. The molecule has 0 unspecified atom stereocenters. The molecule has 1 aliphatic heterocycles. The molecule has 0 spiro atoms. The van der Waals surface area contributed by atoms with Gasteiger partial charge in [0.15, 0.2) is 5.76 Å². The monoisotopic (exact) mass is 348 g/mol. The van der Waals surface area contributed by atoms with Crippen LogP contribution in [-0.2, 0) is 4.79 Å². The zero-order valence-electron chi connectivity index (χ0n) is 13.5. The van der Waals surface area contributed by atoms with Crippen molar-refractivity contribution in [2.24, 2.45) is 0 Å². The summed E-state index contributed by atoms with van der Waals surface area (Å²) in [6, 6.07) is 6.93. The van der Waals surface area contributed by atoms with Crippen molar-refractivity contribution in [2.75, 3.05) is 19.6 Å². The highest BCUT2D eigenvalue weighted by molar-refractivity contribution is 6.31. The third-order valence-corrected chi connectivity index (χ3v) is 4.50. The Labute approximate surface area is 145 Å². The predicted molar refractivity (Wildman–Crippen MR) is 93.2 cm³/mol. The number of rotatable bonds is 5. The summed E-state index contributed by atoms with van der Waals surface area (Å²) in [4.78, 5) is 26.0. The highest BCUT2D eigenvalue weighted by atomic mass is 35.5. The molecule has 2 aromatic rings. The Bertz CT molecular complexity index is 741. The van der Waals surface area contributed by atoms with E-state index in [1.807, 2.05) is 4.90 Å². The zero-order valence-corrected chi connectivity index (χ0v) is 14.3. The first-order valence-corrected chi connectivity index (χ1v) is 8.76. The molecule has 0 saturated carbocycles. The molecule has 6 heteroatoms. The number of nitrogens with one attached hydrogen (secondary N) is 1. The fourth-order valence-electron chi connectivity index (χ4n) is 2.96. The van der Waals surface area contributed by atoms with Crippen molar-refractivity contribution in [2.45, 2.75) is 32.1 Å². The minimum absolute atomic E-state index is 0.230. The van der Waals surface area contributed by atoms with E-state index >= 15 is 0 Å². The fourth-order valence-corrected chi connectivity index (χ4v) is 3.14. The van der Waals surface area contributed by atoms with E-state index in [9.17, 15) is 9.59 Å². The number of amides is 2. The number of fused-ring (bicyclic) bond motifs is 1. The minimum atomic E-state index is -0.246. The molecule has 0 aliphatic carbocycles. The van der Waals surface area contributed by atoms with E-state index in [2.05, 4.69) is 5.32 Å². The van der Waals surface area contributed by atoms with Gasteiger partial charge in [0.05, 0.1) is 0 Å². The standard InChI is InChI=1S/C18H21ClN2O3/c19-14-6-7-15-13(11-14)12-16(24-15)18(23)20-8-4-10-21-9-3-1-2-5-17(21)22/h6-7,11-12H,1-5,8-10H2,(H,20,23). The fraction of sp³-hybridized carbons (Fsp3) is 0.444. The molecular formula is C18H21ClN2O3. The van der Waals surface area contributed by atoms with Gasteiger partial charge in [0.1, 0.15) is 5.58 Å². The van der Waals surface area contributed by atoms with Gasteiger partial charge in [0.2, 0.25) is 5.91 Å². The molecule has 3 rings (SSSR count). The van der Waals surface area contributed by atoms with Crippen molar-refractivity contribution >= 4 is 34.4 Å². The summed E-state index contributed by atoms with van der Waals surface area (Å²) < 4.78 is 5.53. The average molecular weight is 349 g/mol. The molecule has 2 amide bonds. The Kier molecular flexibility index (Phi) is 5.41. The predicted octanol–water partition coefficient (Wildman–Crippen LogP) is 3.61. The quantitative estimate of drug-likeness (QED) is 0.839. The van der Waals surface area contributed by atoms with Gasteiger partial charge in [0.25, 0.3) is 5.91 Å². The van der Waals surface area contributed by atoms with E-state index < -0.39 is 0 Å². The van der Waals surface area contributed by atoms with E-state index in [0.717, 1.165) is 37.6 Å². The molecular weight excluding hydrogens is 328 g/mol. The highest BCUT2D eigenvalue weighted by Gasteiger charge is 2.16. The van der Waals surface area contributed by atoms with Crippen molar-refractivity contribution in [1.29, 1.82) is 0 Å². The average Bonchev–Trinajstić information content (AvgIpc) is 2.88. The Morgan fingerprint density at radius 1 is 1.25 bits per heavy atom. The van der Waals surface area contributed by atoms with Crippen molar-refractivity contribution in [3.05, 3.63) is 35.0 Å². The molecule has 0 radical (unpaired) electrons. The van der Waals surface area contributed by atoms with Crippen LogP contribution in [0, 0.1) is 0 Å². The number of carbonyl (C=O) groups is 2. The van der Waals surface area contributed by atoms with E-state index in [4.69, 9.17) is 16.0 Å². The topological polar surface area (TPSA) is 62.6 Å². The Morgan fingerprint density at radius 3 is 3.00 bits per heavy atom. The van der Waals surface area contributed by atoms with Crippen LogP contribution in [0.5, 0.6) is 0 Å². The van der Waals surface area contributed by atoms with Crippen LogP contribution in [0.15, 0.2) is 28.7 Å². The minimum Gasteiger partial charge on any atom is -0.451 e. The van der Waals surface area contributed by atoms with Crippen LogP contribution < -0.4 is 5.32 Å². The summed E-state index contributed by atoms with van der Waals surface area (Å²) >= 11 is 5.93. The molecule has 1 aromatic carbocycles. The van der Waals surface area contributed by atoms with Gasteiger partial charge < -0.3 is 14.6 Å². The summed E-state index contributed by atoms with van der Waals surface area (Å²) in [5.74, 6) is 0.260. The lowest BCUT2D eigenvalue weighted by atomic mass is 10.2. The zero-order chi connectivity index (χ0) is 16.9. The van der Waals surface area contributed by atoms with Crippen LogP contribution in [-0.4, -0.2) is 36.3 Å². The van der Waals surface area contributed by atoms with Crippen LogP contribution in [0.2, 0.25) is 5.02 Å². The van der Waals surface area contributed by atoms with E-state index in [-0.39, 0.29) is 17.6 Å². The maximum atomic E-state index is 12.2. The molecule has 1 N–H and O–H groups in total. The Morgan fingerprint density at radius 2 is 2.12 bits per heavy atom. The van der Waals surface area contributed by atoms with Crippen molar-refractivity contribution < 1.29 is 14.0 Å². The van der Waals surface area contributed by atoms with Gasteiger partial charge in [0, 0.05) is 36.5 Å². The number of hydrogen-bond acceptors (Lipinski definition) is 3. The number of likely N-dealkylation sites (tertiary alicyclic amines) is 1. The number of carbonyl (C=O) groups excluding carboxylic acids is 2. The van der Waals surface area contributed by atoms with Crippen LogP contribution in [0.25, 0.3) is 11.0 Å². The lowest BCUT2D eigenvalue weighted by Crippen LogP contribution is -2.33. The van der Waals surface area contributed by atoms with Gasteiger partial charge in [-0.3, -0.25) is 9.59 Å². The first-order chi connectivity index (χ1) is 11.6. The van der Waals surface area contributed by atoms with Gasteiger partial charge >= 0.3 is 0 Å². The molecule has 1 aromatic heterocycles. The largest absolute Gasteiger partial charge is 0.451 e. The maximum absolute atomic E-state index is 12.2. The first-order valence-electron chi connectivity index (χ1n) is 8.38. The molecule has 2 heterocycles. The van der Waals surface area contributed by atoms with Crippen LogP contribution >= 0.6 is 11.6 Å². The molecule has 1 saturated heterocycles. The molecule has 24 heavy (non-hydrogen) atoms. The second-order valence-corrected chi connectivity index (χ2v) is 6.53. The lowest BCUT2D eigenvalue weighted by molar-refractivity contribution is -0.130. The summed E-state index contributed by atoms with van der Waals surface area (Å²) in [7, 11) is 0. The summed E-state index contributed by atoms with van der Waals surface area (Å²) in [6.07, 6.45) is 4.56. The Balaban J connectivity index is 1.48. The molecule has 1 fully saturated rings. The van der Waals surface area contributed by atoms with Crippen LogP contribution in [0.3, 0.4) is 0 Å². The molecule has 5 nitrogen and oxygen atoms in total. The molecule has 1 aliphatic rings. The summed E-state index contributed by atoms with van der Waals surface area (Å²) in [5, 5.41) is 4.26. The first kappa shape index (κ1) is 16.8. The van der Waals surface area contributed by atoms with Crippen LogP contribution in [0.4, 0.5) is 0 Å².